The van der Waals surface area contributed by atoms with Crippen LogP contribution < -0.4 is 10.1 Å². The van der Waals surface area contributed by atoms with E-state index < -0.39 is 0 Å². The van der Waals surface area contributed by atoms with Crippen molar-refractivity contribution in [2.24, 2.45) is 0 Å². The van der Waals surface area contributed by atoms with Crippen LogP contribution >= 0.6 is 0 Å². The van der Waals surface area contributed by atoms with Gasteiger partial charge >= 0.3 is 0 Å². The highest BCUT2D eigenvalue weighted by atomic mass is 16.5. The van der Waals surface area contributed by atoms with Gasteiger partial charge in [-0.15, -0.1) is 10.2 Å². The highest BCUT2D eigenvalue weighted by Gasteiger charge is 2.28. The molecule has 0 amide bonds. The van der Waals surface area contributed by atoms with Crippen molar-refractivity contribution in [2.75, 3.05) is 13.1 Å². The smallest absolute Gasteiger partial charge is 0.257 e. The van der Waals surface area contributed by atoms with E-state index in [1.807, 2.05) is 18.2 Å². The van der Waals surface area contributed by atoms with Crippen LogP contribution in [-0.2, 0) is 12.8 Å². The van der Waals surface area contributed by atoms with Gasteiger partial charge in [0, 0.05) is 12.8 Å². The average Bonchev–Trinajstić information content (AvgIpc) is 3.09. The number of nitrogens with one attached hydrogen (secondary N) is 1. The first kappa shape index (κ1) is 13.1. The number of aryl methyl sites for hydroxylation is 1. The van der Waals surface area contributed by atoms with Crippen molar-refractivity contribution >= 4 is 0 Å². The van der Waals surface area contributed by atoms with Gasteiger partial charge < -0.3 is 14.5 Å². The average molecular weight is 273 g/mol. The number of benzene rings is 1. The largest absolute Gasteiger partial charge is 0.480 e. The van der Waals surface area contributed by atoms with E-state index in [2.05, 4.69) is 28.5 Å². The molecule has 0 fully saturated rings. The molecule has 1 aromatic carbocycles. The van der Waals surface area contributed by atoms with E-state index in [1.165, 1.54) is 5.56 Å². The van der Waals surface area contributed by atoms with Crippen LogP contribution in [0.1, 0.15) is 36.8 Å². The van der Waals surface area contributed by atoms with Crippen LogP contribution in [-0.4, -0.2) is 23.3 Å². The third kappa shape index (κ3) is 2.82. The fourth-order valence-electron chi connectivity index (χ4n) is 2.36. The van der Waals surface area contributed by atoms with Crippen LogP contribution in [0.15, 0.2) is 28.7 Å². The van der Waals surface area contributed by atoms with Crippen LogP contribution in [0.5, 0.6) is 5.75 Å². The van der Waals surface area contributed by atoms with Gasteiger partial charge in [-0.25, -0.2) is 0 Å². The third-order valence-corrected chi connectivity index (χ3v) is 3.40. The van der Waals surface area contributed by atoms with Crippen molar-refractivity contribution in [2.45, 2.75) is 32.3 Å². The van der Waals surface area contributed by atoms with E-state index in [1.54, 1.807) is 0 Å². The second-order valence-corrected chi connectivity index (χ2v) is 4.91. The minimum atomic E-state index is -0.137. The van der Waals surface area contributed by atoms with Crippen molar-refractivity contribution in [3.63, 3.8) is 0 Å². The number of hydrogen-bond donors (Lipinski definition) is 1. The molecule has 0 aliphatic carbocycles. The minimum Gasteiger partial charge on any atom is -0.480 e. The van der Waals surface area contributed by atoms with Gasteiger partial charge in [-0.05, 0) is 31.1 Å². The van der Waals surface area contributed by atoms with Gasteiger partial charge in [-0.3, -0.25) is 0 Å². The number of para-hydroxylation sites is 1. The lowest BCUT2D eigenvalue weighted by atomic mass is 10.1. The van der Waals surface area contributed by atoms with E-state index >= 15 is 0 Å². The molecular weight excluding hydrogens is 254 g/mol. The van der Waals surface area contributed by atoms with E-state index in [-0.39, 0.29) is 6.10 Å². The first-order valence-corrected chi connectivity index (χ1v) is 7.14. The van der Waals surface area contributed by atoms with Crippen molar-refractivity contribution < 1.29 is 9.15 Å². The zero-order valence-electron chi connectivity index (χ0n) is 11.6. The quantitative estimate of drug-likeness (QED) is 0.818. The van der Waals surface area contributed by atoms with Crippen LogP contribution in [0.3, 0.4) is 0 Å². The summed E-state index contributed by atoms with van der Waals surface area (Å²) in [6.07, 6.45) is 2.47. The summed E-state index contributed by atoms with van der Waals surface area (Å²) in [5, 5.41) is 11.5. The van der Waals surface area contributed by atoms with Crippen LogP contribution in [0.2, 0.25) is 0 Å². The Balaban J connectivity index is 1.58. The van der Waals surface area contributed by atoms with Crippen LogP contribution in [0, 0.1) is 0 Å². The molecule has 0 radical (unpaired) electrons. The Hall–Kier alpha value is -1.88. The summed E-state index contributed by atoms with van der Waals surface area (Å²) in [7, 11) is 0. The third-order valence-electron chi connectivity index (χ3n) is 3.40. The van der Waals surface area contributed by atoms with Crippen molar-refractivity contribution in [3.05, 3.63) is 41.6 Å². The monoisotopic (exact) mass is 273 g/mol. The van der Waals surface area contributed by atoms with Gasteiger partial charge in [0.2, 0.25) is 5.89 Å². The van der Waals surface area contributed by atoms with E-state index in [9.17, 15) is 0 Å². The lowest BCUT2D eigenvalue weighted by Crippen LogP contribution is -2.14. The molecule has 2 heterocycles. The predicted molar refractivity (Wildman–Crippen MR) is 74.7 cm³/mol. The Labute approximate surface area is 118 Å². The van der Waals surface area contributed by atoms with Gasteiger partial charge in [0.25, 0.3) is 5.89 Å². The minimum absolute atomic E-state index is 0.137. The Morgan fingerprint density at radius 3 is 3.05 bits per heavy atom. The van der Waals surface area contributed by atoms with Crippen molar-refractivity contribution in [1.29, 1.82) is 0 Å². The Morgan fingerprint density at radius 1 is 1.30 bits per heavy atom. The van der Waals surface area contributed by atoms with Gasteiger partial charge in [-0.2, -0.15) is 0 Å². The summed E-state index contributed by atoms with van der Waals surface area (Å²) in [4.78, 5) is 0. The first-order valence-electron chi connectivity index (χ1n) is 7.14. The number of rotatable bonds is 6. The molecule has 5 heteroatoms. The molecule has 3 rings (SSSR count). The summed E-state index contributed by atoms with van der Waals surface area (Å²) in [6.45, 7) is 4.06. The maximum absolute atomic E-state index is 5.84. The molecule has 0 saturated heterocycles. The maximum Gasteiger partial charge on any atom is 0.257 e. The van der Waals surface area contributed by atoms with Gasteiger partial charge in [0.15, 0.2) is 6.10 Å². The topological polar surface area (TPSA) is 60.2 Å². The molecule has 1 aromatic heterocycles. The highest BCUT2D eigenvalue weighted by Crippen LogP contribution is 2.35. The summed E-state index contributed by atoms with van der Waals surface area (Å²) in [5.41, 5.74) is 1.20. The zero-order chi connectivity index (χ0) is 13.8. The fraction of sp³-hybridized carbons (Fsp3) is 0.467. The van der Waals surface area contributed by atoms with Crippen LogP contribution in [0.25, 0.3) is 0 Å². The summed E-state index contributed by atoms with van der Waals surface area (Å²) < 4.78 is 11.5. The molecule has 1 aliphatic rings. The molecule has 0 saturated carbocycles. The summed E-state index contributed by atoms with van der Waals surface area (Å²) >= 11 is 0. The number of fused-ring (bicyclic) bond motifs is 1. The maximum atomic E-state index is 5.84. The number of ether oxygens (including phenoxy) is 1. The normalized spacial score (nSPS) is 16.9. The Bertz CT molecular complexity index is 543. The molecule has 5 nitrogen and oxygen atoms in total. The number of hydrogen-bond acceptors (Lipinski definition) is 5. The number of aromatic nitrogens is 2. The molecule has 1 aliphatic heterocycles. The van der Waals surface area contributed by atoms with Crippen molar-refractivity contribution in [3.8, 4) is 5.75 Å². The van der Waals surface area contributed by atoms with Crippen molar-refractivity contribution in [1.82, 2.24) is 15.5 Å². The predicted octanol–water partition coefficient (Wildman–Crippen LogP) is 2.29. The van der Waals surface area contributed by atoms with Crippen LogP contribution in [0.4, 0.5) is 0 Å². The summed E-state index contributed by atoms with van der Waals surface area (Å²) in [6, 6.07) is 8.04. The van der Waals surface area contributed by atoms with Gasteiger partial charge in [-0.1, -0.05) is 25.1 Å². The number of nitrogens with zero attached hydrogens (tertiary/aromatic N) is 2. The highest BCUT2D eigenvalue weighted by molar-refractivity contribution is 5.37. The molecule has 1 atom stereocenters. The summed E-state index contributed by atoms with van der Waals surface area (Å²) in [5.74, 6) is 2.20. The zero-order valence-corrected chi connectivity index (χ0v) is 11.6. The van der Waals surface area contributed by atoms with Gasteiger partial charge in [0.05, 0.1) is 0 Å². The molecule has 2 aromatic rings. The first-order chi connectivity index (χ1) is 9.86. The second kappa shape index (κ2) is 6.05. The SMILES string of the molecule is CCNCCCc1nnc(C2Cc3ccccc3O2)o1. The molecule has 0 spiro atoms. The standard InChI is InChI=1S/C15H19N3O2/c1-2-16-9-5-8-14-17-18-15(20-14)13-10-11-6-3-4-7-12(11)19-13/h3-4,6-7,13,16H,2,5,8-10H2,1H3. The molecule has 1 N–H and O–H groups in total. The second-order valence-electron chi connectivity index (χ2n) is 4.91. The van der Waals surface area contributed by atoms with E-state index in [0.29, 0.717) is 11.8 Å². The molecule has 1 unspecified atom stereocenters. The molecule has 106 valence electrons. The van der Waals surface area contributed by atoms with E-state index in [4.69, 9.17) is 9.15 Å². The van der Waals surface area contributed by atoms with E-state index in [0.717, 1.165) is 38.1 Å². The lowest BCUT2D eigenvalue weighted by Gasteiger charge is -2.04. The molecule has 20 heavy (non-hydrogen) atoms. The molecular formula is C15H19N3O2. The lowest BCUT2D eigenvalue weighted by molar-refractivity contribution is 0.194. The molecule has 0 bridgehead atoms. The Morgan fingerprint density at radius 2 is 2.20 bits per heavy atom. The van der Waals surface area contributed by atoms with Gasteiger partial charge in [0.1, 0.15) is 5.75 Å². The fourth-order valence-corrected chi connectivity index (χ4v) is 2.36. The Kier molecular flexibility index (Phi) is 3.97.